The Kier molecular flexibility index (Phi) is 11.3. The van der Waals surface area contributed by atoms with Gasteiger partial charge in [0.05, 0.1) is 5.69 Å². The molecular formula is C39H57NSi. The fraction of sp³-hybridized carbons (Fsp3) is 0.538. The van der Waals surface area contributed by atoms with E-state index < -0.39 is 8.07 Å². The van der Waals surface area contributed by atoms with E-state index in [2.05, 4.69) is 102 Å². The molecule has 1 nitrogen and oxygen atoms in total. The molecule has 2 heteroatoms. The highest BCUT2D eigenvalue weighted by Crippen LogP contribution is 2.45. The van der Waals surface area contributed by atoms with Gasteiger partial charge in [-0.2, -0.15) is 0 Å². The molecule has 1 aliphatic heterocycles. The van der Waals surface area contributed by atoms with Crippen molar-refractivity contribution in [3.63, 3.8) is 0 Å². The lowest BCUT2D eigenvalue weighted by Crippen LogP contribution is -2.62. The summed E-state index contributed by atoms with van der Waals surface area (Å²) in [4.78, 5) is 2.67. The Balaban J connectivity index is 1.82. The fourth-order valence-electron chi connectivity index (χ4n) is 7.56. The highest BCUT2D eigenvalue weighted by Gasteiger charge is 2.45. The predicted molar refractivity (Wildman–Crippen MR) is 186 cm³/mol. The van der Waals surface area contributed by atoms with Crippen molar-refractivity contribution < 1.29 is 0 Å². The van der Waals surface area contributed by atoms with Crippen LogP contribution in [-0.2, 0) is 0 Å². The summed E-state index contributed by atoms with van der Waals surface area (Å²) in [6.45, 7) is 16.3. The van der Waals surface area contributed by atoms with E-state index in [-0.39, 0.29) is 0 Å². The van der Waals surface area contributed by atoms with Gasteiger partial charge in [-0.25, -0.2) is 0 Å². The highest BCUT2D eigenvalue weighted by molar-refractivity contribution is 7.04. The molecule has 0 spiro atoms. The molecule has 222 valence electrons. The van der Waals surface area contributed by atoms with Gasteiger partial charge in [0.2, 0.25) is 0 Å². The average molecular weight is 568 g/mol. The molecule has 3 aromatic rings. The first-order valence-corrected chi connectivity index (χ1v) is 19.4. The van der Waals surface area contributed by atoms with Crippen LogP contribution >= 0.6 is 0 Å². The van der Waals surface area contributed by atoms with Gasteiger partial charge in [0.15, 0.2) is 0 Å². The van der Waals surface area contributed by atoms with E-state index in [0.717, 1.165) is 0 Å². The van der Waals surface area contributed by atoms with Crippen LogP contribution in [0.4, 0.5) is 17.1 Å². The number of fused-ring (bicyclic) bond motifs is 2. The molecule has 3 aromatic carbocycles. The number of hydrogen-bond acceptors (Lipinski definition) is 1. The molecule has 0 radical (unpaired) electrons. The second-order valence-electron chi connectivity index (χ2n) is 13.0. The zero-order valence-electron chi connectivity index (χ0n) is 27.5. The molecule has 41 heavy (non-hydrogen) atoms. The van der Waals surface area contributed by atoms with Crippen LogP contribution in [0.25, 0.3) is 0 Å². The molecule has 1 heterocycles. The number of nitrogens with zero attached hydrogens (tertiary/aromatic N) is 1. The maximum atomic E-state index is 2.67. The van der Waals surface area contributed by atoms with E-state index in [0.29, 0.717) is 0 Å². The number of unbranched alkanes of at least 4 members (excludes halogenated alkanes) is 10. The Morgan fingerprint density at radius 1 is 0.463 bits per heavy atom. The van der Waals surface area contributed by atoms with Crippen molar-refractivity contribution in [2.24, 2.45) is 0 Å². The van der Waals surface area contributed by atoms with Gasteiger partial charge in [-0.3, -0.25) is 0 Å². The molecule has 4 rings (SSSR count). The zero-order chi connectivity index (χ0) is 29.4. The first-order chi connectivity index (χ1) is 19.9. The van der Waals surface area contributed by atoms with Gasteiger partial charge in [0.25, 0.3) is 0 Å². The summed E-state index contributed by atoms with van der Waals surface area (Å²) in [6, 6.07) is 22.0. The van der Waals surface area contributed by atoms with Gasteiger partial charge in [-0.05, 0) is 97.0 Å². The van der Waals surface area contributed by atoms with Crippen molar-refractivity contribution in [2.75, 3.05) is 4.90 Å². The van der Waals surface area contributed by atoms with Crippen molar-refractivity contribution >= 4 is 35.5 Å². The fourth-order valence-corrected chi connectivity index (χ4v) is 13.1. The van der Waals surface area contributed by atoms with Crippen LogP contribution in [0, 0.1) is 34.6 Å². The van der Waals surface area contributed by atoms with Gasteiger partial charge in [0, 0.05) is 11.4 Å². The molecule has 0 aromatic heterocycles. The molecule has 0 saturated carbocycles. The van der Waals surface area contributed by atoms with Crippen LogP contribution in [0.2, 0.25) is 12.1 Å². The van der Waals surface area contributed by atoms with Crippen LogP contribution < -0.4 is 15.3 Å². The number of rotatable bonds is 15. The lowest BCUT2D eigenvalue weighted by atomic mass is 9.91. The van der Waals surface area contributed by atoms with Gasteiger partial charge >= 0.3 is 0 Å². The lowest BCUT2D eigenvalue weighted by Gasteiger charge is -2.46. The molecule has 0 saturated heterocycles. The SMILES string of the molecule is CCCCCCCC[Si]1(CCCCCCCC)c2ccccc2N(c2c(C)c(C)c(C)c(C)c2C)c2ccccc21. The van der Waals surface area contributed by atoms with Crippen LogP contribution in [0.15, 0.2) is 48.5 Å². The summed E-state index contributed by atoms with van der Waals surface area (Å²) in [5.41, 5.74) is 11.5. The van der Waals surface area contributed by atoms with Crippen LogP contribution in [0.3, 0.4) is 0 Å². The molecule has 0 aliphatic carbocycles. The van der Waals surface area contributed by atoms with Crippen LogP contribution in [-0.4, -0.2) is 8.07 Å². The Morgan fingerprint density at radius 3 is 1.27 bits per heavy atom. The standard InChI is InChI=1S/C39H57NSi/c1-8-10-12-14-16-22-28-41(29-23-17-15-13-11-9-2)37-26-20-18-24-35(37)40(36-25-19-21-27-38(36)41)39-33(6)31(4)30(3)32(5)34(39)7/h18-21,24-27H,8-17,22-23,28-29H2,1-7H3. The normalized spacial score (nSPS) is 13.8. The minimum absolute atomic E-state index is 1.32. The minimum atomic E-state index is -1.95. The molecule has 0 atom stereocenters. The molecule has 0 N–H and O–H groups in total. The van der Waals surface area contributed by atoms with Crippen LogP contribution in [0.5, 0.6) is 0 Å². The molecular weight excluding hydrogens is 511 g/mol. The number of hydrogen-bond donors (Lipinski definition) is 0. The van der Waals surface area contributed by atoms with E-state index in [1.165, 1.54) is 134 Å². The largest absolute Gasteiger partial charge is 0.310 e. The number of benzene rings is 3. The van der Waals surface area contributed by atoms with Crippen molar-refractivity contribution in [1.82, 2.24) is 0 Å². The third kappa shape index (κ3) is 6.53. The van der Waals surface area contributed by atoms with Crippen molar-refractivity contribution in [1.29, 1.82) is 0 Å². The number of anilines is 3. The van der Waals surface area contributed by atoms with Gasteiger partial charge in [0.1, 0.15) is 8.07 Å². The summed E-state index contributed by atoms with van der Waals surface area (Å²) >= 11 is 0. The zero-order valence-corrected chi connectivity index (χ0v) is 28.5. The second-order valence-corrected chi connectivity index (χ2v) is 17.2. The maximum Gasteiger partial charge on any atom is 0.123 e. The summed E-state index contributed by atoms with van der Waals surface area (Å²) in [7, 11) is -1.95. The third-order valence-corrected chi connectivity index (χ3v) is 15.7. The quantitative estimate of drug-likeness (QED) is 0.130. The van der Waals surface area contributed by atoms with Crippen molar-refractivity contribution in [2.45, 2.75) is 138 Å². The Hall–Kier alpha value is -2.32. The van der Waals surface area contributed by atoms with Crippen molar-refractivity contribution in [3.05, 3.63) is 76.3 Å². The topological polar surface area (TPSA) is 3.24 Å². The molecule has 0 bridgehead atoms. The lowest BCUT2D eigenvalue weighted by molar-refractivity contribution is 0.616. The van der Waals surface area contributed by atoms with Gasteiger partial charge < -0.3 is 4.90 Å². The maximum absolute atomic E-state index is 2.67. The van der Waals surface area contributed by atoms with Gasteiger partial charge in [-0.1, -0.05) is 127 Å². The van der Waals surface area contributed by atoms with Crippen molar-refractivity contribution in [3.8, 4) is 0 Å². The van der Waals surface area contributed by atoms with Crippen LogP contribution in [0.1, 0.15) is 119 Å². The minimum Gasteiger partial charge on any atom is -0.310 e. The van der Waals surface area contributed by atoms with E-state index >= 15 is 0 Å². The monoisotopic (exact) mass is 567 g/mol. The van der Waals surface area contributed by atoms with E-state index in [9.17, 15) is 0 Å². The predicted octanol–water partition coefficient (Wildman–Crippen LogP) is 11.3. The highest BCUT2D eigenvalue weighted by atomic mass is 28.3. The Labute approximate surface area is 253 Å². The van der Waals surface area contributed by atoms with Gasteiger partial charge in [-0.15, -0.1) is 0 Å². The summed E-state index contributed by atoms with van der Waals surface area (Å²) in [6.07, 6.45) is 16.5. The average Bonchev–Trinajstić information content (AvgIpc) is 3.00. The Morgan fingerprint density at radius 2 is 0.829 bits per heavy atom. The van der Waals surface area contributed by atoms with E-state index in [1.807, 2.05) is 0 Å². The Bertz CT molecular complexity index is 1190. The second kappa shape index (κ2) is 14.7. The third-order valence-electron chi connectivity index (χ3n) is 10.4. The molecule has 0 fully saturated rings. The molecule has 0 unspecified atom stereocenters. The number of para-hydroxylation sites is 2. The summed E-state index contributed by atoms with van der Waals surface area (Å²) in [5, 5.41) is 3.38. The molecule has 1 aliphatic rings. The van der Waals surface area contributed by atoms with E-state index in [4.69, 9.17) is 0 Å². The molecule has 0 amide bonds. The smallest absolute Gasteiger partial charge is 0.123 e. The first-order valence-electron chi connectivity index (χ1n) is 16.9. The summed E-state index contributed by atoms with van der Waals surface area (Å²) in [5.74, 6) is 0. The van der Waals surface area contributed by atoms with E-state index in [1.54, 1.807) is 10.4 Å². The first kappa shape index (κ1) is 31.6. The summed E-state index contributed by atoms with van der Waals surface area (Å²) < 4.78 is 0.